The number of anilines is 1. The Morgan fingerprint density at radius 1 is 1.09 bits per heavy atom. The van der Waals surface area contributed by atoms with Crippen molar-refractivity contribution in [2.24, 2.45) is 0 Å². The van der Waals surface area contributed by atoms with Crippen molar-refractivity contribution < 1.29 is 9.18 Å². The third kappa shape index (κ3) is 2.99. The highest BCUT2D eigenvalue weighted by Crippen LogP contribution is 2.17. The molecule has 0 saturated heterocycles. The molecule has 116 valence electrons. The SMILES string of the molecule is Cc1cc(C(=O)N(C)c2ccccc2)nn1-c1ccc(F)cc1. The van der Waals surface area contributed by atoms with Gasteiger partial charge in [0.05, 0.1) is 5.69 Å². The Kier molecular flexibility index (Phi) is 3.93. The smallest absolute Gasteiger partial charge is 0.278 e. The lowest BCUT2D eigenvalue weighted by Gasteiger charge is -2.15. The van der Waals surface area contributed by atoms with E-state index in [9.17, 15) is 9.18 Å². The largest absolute Gasteiger partial charge is 0.310 e. The van der Waals surface area contributed by atoms with Gasteiger partial charge >= 0.3 is 0 Å². The second-order valence-corrected chi connectivity index (χ2v) is 5.26. The van der Waals surface area contributed by atoms with E-state index in [1.54, 1.807) is 34.8 Å². The molecule has 23 heavy (non-hydrogen) atoms. The topological polar surface area (TPSA) is 38.1 Å². The summed E-state index contributed by atoms with van der Waals surface area (Å²) in [5.74, 6) is -0.501. The van der Waals surface area contributed by atoms with E-state index >= 15 is 0 Å². The molecule has 0 aliphatic carbocycles. The van der Waals surface area contributed by atoms with Crippen LogP contribution in [0.25, 0.3) is 5.69 Å². The first-order valence-electron chi connectivity index (χ1n) is 7.22. The first-order chi connectivity index (χ1) is 11.1. The summed E-state index contributed by atoms with van der Waals surface area (Å²) in [6.07, 6.45) is 0. The average Bonchev–Trinajstić information content (AvgIpc) is 2.97. The summed E-state index contributed by atoms with van der Waals surface area (Å²) in [6.45, 7) is 1.86. The minimum atomic E-state index is -0.307. The number of hydrogen-bond donors (Lipinski definition) is 0. The van der Waals surface area contributed by atoms with Gasteiger partial charge in [0.1, 0.15) is 5.82 Å². The van der Waals surface area contributed by atoms with Gasteiger partial charge in [0.2, 0.25) is 0 Å². The molecule has 1 amide bonds. The number of rotatable bonds is 3. The summed E-state index contributed by atoms with van der Waals surface area (Å²) in [5, 5.41) is 4.36. The molecule has 0 atom stereocenters. The lowest BCUT2D eigenvalue weighted by Crippen LogP contribution is -2.26. The first kappa shape index (κ1) is 15.0. The van der Waals surface area contributed by atoms with Crippen LogP contribution in [0.4, 0.5) is 10.1 Å². The van der Waals surface area contributed by atoms with Crippen LogP contribution >= 0.6 is 0 Å². The Morgan fingerprint density at radius 3 is 2.39 bits per heavy atom. The summed E-state index contributed by atoms with van der Waals surface area (Å²) in [5.41, 5.74) is 2.66. The van der Waals surface area contributed by atoms with E-state index in [0.29, 0.717) is 11.4 Å². The third-order valence-electron chi connectivity index (χ3n) is 3.63. The second kappa shape index (κ2) is 6.04. The van der Waals surface area contributed by atoms with Crippen molar-refractivity contribution in [1.29, 1.82) is 0 Å². The van der Waals surface area contributed by atoms with Gasteiger partial charge in [0, 0.05) is 18.4 Å². The van der Waals surface area contributed by atoms with Crippen LogP contribution < -0.4 is 4.90 Å². The number of amides is 1. The summed E-state index contributed by atoms with van der Waals surface area (Å²) >= 11 is 0. The van der Waals surface area contributed by atoms with Gasteiger partial charge in [0.15, 0.2) is 5.69 Å². The normalized spacial score (nSPS) is 10.6. The van der Waals surface area contributed by atoms with Crippen molar-refractivity contribution >= 4 is 11.6 Å². The molecule has 1 heterocycles. The van der Waals surface area contributed by atoms with E-state index < -0.39 is 0 Å². The van der Waals surface area contributed by atoms with Gasteiger partial charge in [-0.25, -0.2) is 9.07 Å². The quantitative estimate of drug-likeness (QED) is 0.741. The Balaban J connectivity index is 1.91. The fourth-order valence-corrected chi connectivity index (χ4v) is 2.36. The summed E-state index contributed by atoms with van der Waals surface area (Å²) in [7, 11) is 1.71. The average molecular weight is 309 g/mol. The van der Waals surface area contributed by atoms with E-state index in [2.05, 4.69) is 5.10 Å². The highest BCUT2D eigenvalue weighted by molar-refractivity contribution is 6.04. The predicted molar refractivity (Wildman–Crippen MR) is 87.4 cm³/mol. The van der Waals surface area contributed by atoms with Gasteiger partial charge < -0.3 is 4.90 Å². The minimum Gasteiger partial charge on any atom is -0.310 e. The lowest BCUT2D eigenvalue weighted by molar-refractivity contribution is 0.0988. The van der Waals surface area contributed by atoms with E-state index in [-0.39, 0.29) is 11.7 Å². The number of halogens is 1. The predicted octanol–water partition coefficient (Wildman–Crippen LogP) is 3.60. The molecule has 0 bridgehead atoms. The van der Waals surface area contributed by atoms with Crippen LogP contribution in [0.1, 0.15) is 16.2 Å². The maximum atomic E-state index is 13.0. The van der Waals surface area contributed by atoms with Crippen molar-refractivity contribution in [3.63, 3.8) is 0 Å². The van der Waals surface area contributed by atoms with Gasteiger partial charge in [0.25, 0.3) is 5.91 Å². The number of aryl methyl sites for hydroxylation is 1. The zero-order chi connectivity index (χ0) is 16.4. The van der Waals surface area contributed by atoms with Crippen molar-refractivity contribution in [3.05, 3.63) is 77.9 Å². The number of carbonyl (C=O) groups excluding carboxylic acids is 1. The zero-order valence-electron chi connectivity index (χ0n) is 12.9. The molecule has 0 radical (unpaired) electrons. The highest BCUT2D eigenvalue weighted by atomic mass is 19.1. The third-order valence-corrected chi connectivity index (χ3v) is 3.63. The van der Waals surface area contributed by atoms with Gasteiger partial charge in [-0.15, -0.1) is 0 Å². The van der Waals surface area contributed by atoms with E-state index in [1.807, 2.05) is 37.3 Å². The Labute approximate surface area is 133 Å². The maximum absolute atomic E-state index is 13.0. The molecule has 3 aromatic rings. The zero-order valence-corrected chi connectivity index (χ0v) is 12.9. The van der Waals surface area contributed by atoms with E-state index in [4.69, 9.17) is 0 Å². The molecule has 0 saturated carbocycles. The van der Waals surface area contributed by atoms with Crippen LogP contribution in [0, 0.1) is 12.7 Å². The maximum Gasteiger partial charge on any atom is 0.278 e. The van der Waals surface area contributed by atoms with Crippen LogP contribution in [0.2, 0.25) is 0 Å². The molecule has 2 aromatic carbocycles. The molecule has 0 aliphatic heterocycles. The van der Waals surface area contributed by atoms with Crippen LogP contribution in [-0.4, -0.2) is 22.7 Å². The van der Waals surface area contributed by atoms with Crippen molar-refractivity contribution in [1.82, 2.24) is 9.78 Å². The fraction of sp³-hybridized carbons (Fsp3) is 0.111. The Bertz CT molecular complexity index is 825. The van der Waals surface area contributed by atoms with Crippen LogP contribution in [0.3, 0.4) is 0 Å². The number of nitrogens with zero attached hydrogens (tertiary/aromatic N) is 3. The van der Waals surface area contributed by atoms with Crippen molar-refractivity contribution in [2.45, 2.75) is 6.92 Å². The molecule has 0 unspecified atom stereocenters. The summed E-state index contributed by atoms with van der Waals surface area (Å²) < 4.78 is 14.7. The van der Waals surface area contributed by atoms with Gasteiger partial charge in [-0.2, -0.15) is 5.10 Å². The van der Waals surface area contributed by atoms with Crippen molar-refractivity contribution in [3.8, 4) is 5.69 Å². The van der Waals surface area contributed by atoms with Crippen molar-refractivity contribution in [2.75, 3.05) is 11.9 Å². The van der Waals surface area contributed by atoms with E-state index in [1.165, 1.54) is 12.1 Å². The molecule has 1 aromatic heterocycles. The molecule has 0 aliphatic rings. The monoisotopic (exact) mass is 309 g/mol. The number of aromatic nitrogens is 2. The second-order valence-electron chi connectivity index (χ2n) is 5.26. The molecule has 5 heteroatoms. The van der Waals surface area contributed by atoms with Gasteiger partial charge in [-0.1, -0.05) is 18.2 Å². The number of para-hydroxylation sites is 1. The molecule has 0 spiro atoms. The summed E-state index contributed by atoms with van der Waals surface area (Å²) in [6, 6.07) is 17.1. The van der Waals surface area contributed by atoms with Crippen LogP contribution in [-0.2, 0) is 0 Å². The van der Waals surface area contributed by atoms with Gasteiger partial charge in [-0.05, 0) is 49.4 Å². The Hall–Kier alpha value is -2.95. The standard InChI is InChI=1S/C18H16FN3O/c1-13-12-17(18(23)21(2)15-6-4-3-5-7-15)20-22(13)16-10-8-14(19)9-11-16/h3-12H,1-2H3. The lowest BCUT2D eigenvalue weighted by atomic mass is 10.2. The highest BCUT2D eigenvalue weighted by Gasteiger charge is 2.18. The molecule has 0 fully saturated rings. The number of hydrogen-bond acceptors (Lipinski definition) is 2. The molecule has 4 nitrogen and oxygen atoms in total. The van der Waals surface area contributed by atoms with Crippen LogP contribution in [0.5, 0.6) is 0 Å². The molecular formula is C18H16FN3O. The minimum absolute atomic E-state index is 0.194. The number of benzene rings is 2. The number of carbonyl (C=O) groups is 1. The molecular weight excluding hydrogens is 293 g/mol. The van der Waals surface area contributed by atoms with Crippen LogP contribution in [0.15, 0.2) is 60.7 Å². The Morgan fingerprint density at radius 2 is 1.74 bits per heavy atom. The molecule has 0 N–H and O–H groups in total. The van der Waals surface area contributed by atoms with Gasteiger partial charge in [-0.3, -0.25) is 4.79 Å². The van der Waals surface area contributed by atoms with E-state index in [0.717, 1.165) is 11.4 Å². The first-order valence-corrected chi connectivity index (χ1v) is 7.22. The fourth-order valence-electron chi connectivity index (χ4n) is 2.36. The summed E-state index contributed by atoms with van der Waals surface area (Å²) in [4.78, 5) is 14.1. The molecule has 3 rings (SSSR count).